The second-order valence-corrected chi connectivity index (χ2v) is 6.32. The second kappa shape index (κ2) is 9.17. The maximum atomic E-state index is 13.6. The summed E-state index contributed by atoms with van der Waals surface area (Å²) < 4.78 is 23.1. The smallest absolute Gasteiger partial charge is 0.338 e. The molecule has 1 aliphatic carbocycles. The van der Waals surface area contributed by atoms with Crippen LogP contribution in [0.15, 0.2) is 18.2 Å². The van der Waals surface area contributed by atoms with Crippen LogP contribution in [0.25, 0.3) is 0 Å². The first-order chi connectivity index (χ1) is 12.4. The monoisotopic (exact) mass is 366 g/mol. The number of methoxy groups -OCH3 is 1. The number of ether oxygens (including phenoxy) is 2. The first kappa shape index (κ1) is 19.7. The fourth-order valence-electron chi connectivity index (χ4n) is 2.91. The fourth-order valence-corrected chi connectivity index (χ4v) is 2.91. The Balaban J connectivity index is 1.77. The molecule has 2 rings (SSSR count). The van der Waals surface area contributed by atoms with Gasteiger partial charge in [-0.15, -0.1) is 0 Å². The van der Waals surface area contributed by atoms with Crippen LogP contribution in [0.1, 0.15) is 43.0 Å². The minimum Gasteiger partial charge on any atom is -0.494 e. The molecule has 0 bridgehead atoms. The molecule has 1 saturated carbocycles. The van der Waals surface area contributed by atoms with Crippen LogP contribution in [-0.2, 0) is 9.53 Å². The number of hydrogen-bond donors (Lipinski definition) is 2. The van der Waals surface area contributed by atoms with E-state index >= 15 is 0 Å². The zero-order chi connectivity index (χ0) is 19.1. The number of hydrogen-bond acceptors (Lipinski definition) is 5. The summed E-state index contributed by atoms with van der Waals surface area (Å²) in [6.45, 7) is 1.42. The van der Waals surface area contributed by atoms with E-state index in [0.717, 1.165) is 31.7 Å². The predicted molar refractivity (Wildman–Crippen MR) is 91.3 cm³/mol. The van der Waals surface area contributed by atoms with Gasteiger partial charge in [0.05, 0.1) is 12.7 Å². The number of imide groups is 1. The zero-order valence-corrected chi connectivity index (χ0v) is 14.8. The van der Waals surface area contributed by atoms with Gasteiger partial charge in [0.25, 0.3) is 5.91 Å². The lowest BCUT2D eigenvalue weighted by atomic mass is 9.86. The van der Waals surface area contributed by atoms with E-state index in [1.807, 2.05) is 0 Å². The molecule has 26 heavy (non-hydrogen) atoms. The van der Waals surface area contributed by atoms with E-state index in [-0.39, 0.29) is 17.4 Å². The molecule has 1 aromatic carbocycles. The zero-order valence-electron chi connectivity index (χ0n) is 14.8. The first-order valence-corrected chi connectivity index (χ1v) is 8.51. The highest BCUT2D eigenvalue weighted by Crippen LogP contribution is 2.23. The molecule has 2 atom stereocenters. The van der Waals surface area contributed by atoms with Gasteiger partial charge in [0.15, 0.2) is 18.2 Å². The Morgan fingerprint density at radius 2 is 1.96 bits per heavy atom. The van der Waals surface area contributed by atoms with Crippen molar-refractivity contribution in [1.29, 1.82) is 0 Å². The SMILES string of the molecule is COc1ccc(C(=O)OCC(=O)NC(=O)N[C@H]2CCCC[C@H]2C)cc1F. The largest absolute Gasteiger partial charge is 0.494 e. The van der Waals surface area contributed by atoms with Gasteiger partial charge >= 0.3 is 12.0 Å². The second-order valence-electron chi connectivity index (χ2n) is 6.32. The van der Waals surface area contributed by atoms with Gasteiger partial charge in [-0.05, 0) is 37.0 Å². The number of rotatable bonds is 5. The van der Waals surface area contributed by atoms with E-state index in [4.69, 9.17) is 9.47 Å². The quantitative estimate of drug-likeness (QED) is 0.781. The standard InChI is InChI=1S/C18H23FN2O5/c1-11-5-3-4-6-14(11)20-18(24)21-16(22)10-26-17(23)12-7-8-15(25-2)13(19)9-12/h7-9,11,14H,3-6,10H2,1-2H3,(H2,20,21,22,24)/t11-,14+/m1/s1. The van der Waals surface area contributed by atoms with Gasteiger partial charge < -0.3 is 14.8 Å². The molecule has 142 valence electrons. The maximum Gasteiger partial charge on any atom is 0.338 e. The van der Waals surface area contributed by atoms with Crippen molar-refractivity contribution in [3.8, 4) is 5.75 Å². The molecule has 1 fully saturated rings. The van der Waals surface area contributed by atoms with E-state index in [0.29, 0.717) is 5.92 Å². The number of urea groups is 1. The molecule has 2 N–H and O–H groups in total. The van der Waals surface area contributed by atoms with Crippen LogP contribution in [0.4, 0.5) is 9.18 Å². The van der Waals surface area contributed by atoms with Crippen LogP contribution >= 0.6 is 0 Å². The van der Waals surface area contributed by atoms with E-state index in [2.05, 4.69) is 17.6 Å². The summed E-state index contributed by atoms with van der Waals surface area (Å²) in [7, 11) is 1.31. The highest BCUT2D eigenvalue weighted by molar-refractivity contribution is 5.97. The Hall–Kier alpha value is -2.64. The highest BCUT2D eigenvalue weighted by Gasteiger charge is 2.23. The fraction of sp³-hybridized carbons (Fsp3) is 0.500. The molecular weight excluding hydrogens is 343 g/mol. The lowest BCUT2D eigenvalue weighted by molar-refractivity contribution is -0.123. The Morgan fingerprint density at radius 1 is 1.23 bits per heavy atom. The third kappa shape index (κ3) is 5.44. The van der Waals surface area contributed by atoms with Gasteiger partial charge in [-0.25, -0.2) is 14.0 Å². The summed E-state index contributed by atoms with van der Waals surface area (Å²) >= 11 is 0. The summed E-state index contributed by atoms with van der Waals surface area (Å²) in [6.07, 6.45) is 4.09. The molecule has 3 amide bonds. The molecule has 7 nitrogen and oxygen atoms in total. The third-order valence-electron chi connectivity index (χ3n) is 4.40. The molecule has 8 heteroatoms. The predicted octanol–water partition coefficient (Wildman–Crippen LogP) is 2.40. The number of amides is 3. The Kier molecular flexibility index (Phi) is 6.94. The number of carbonyl (C=O) groups is 3. The van der Waals surface area contributed by atoms with Gasteiger partial charge in [0.1, 0.15) is 0 Å². The maximum absolute atomic E-state index is 13.6. The number of nitrogens with one attached hydrogen (secondary N) is 2. The van der Waals surface area contributed by atoms with Crippen molar-refractivity contribution in [2.24, 2.45) is 5.92 Å². The van der Waals surface area contributed by atoms with Gasteiger partial charge in [-0.2, -0.15) is 0 Å². The van der Waals surface area contributed by atoms with Crippen molar-refractivity contribution in [2.75, 3.05) is 13.7 Å². The molecule has 0 heterocycles. The summed E-state index contributed by atoms with van der Waals surface area (Å²) in [4.78, 5) is 35.4. The Morgan fingerprint density at radius 3 is 2.62 bits per heavy atom. The van der Waals surface area contributed by atoms with Crippen LogP contribution in [0, 0.1) is 11.7 Å². The van der Waals surface area contributed by atoms with E-state index < -0.39 is 30.3 Å². The number of halogens is 1. The van der Waals surface area contributed by atoms with E-state index in [1.165, 1.54) is 19.2 Å². The van der Waals surface area contributed by atoms with Crippen LogP contribution in [-0.4, -0.2) is 37.7 Å². The summed E-state index contributed by atoms with van der Waals surface area (Å²) in [5.41, 5.74) is -0.0587. The third-order valence-corrected chi connectivity index (χ3v) is 4.40. The summed E-state index contributed by atoms with van der Waals surface area (Å²) in [6, 6.07) is 2.97. The lowest BCUT2D eigenvalue weighted by Gasteiger charge is -2.29. The first-order valence-electron chi connectivity index (χ1n) is 8.51. The van der Waals surface area contributed by atoms with Crippen LogP contribution in [0.5, 0.6) is 5.75 Å². The summed E-state index contributed by atoms with van der Waals surface area (Å²) in [5, 5.41) is 4.89. The molecule has 0 unspecified atom stereocenters. The van der Waals surface area contributed by atoms with Crippen molar-refractivity contribution in [3.63, 3.8) is 0 Å². The number of benzene rings is 1. The van der Waals surface area contributed by atoms with Crippen molar-refractivity contribution < 1.29 is 28.2 Å². The minimum absolute atomic E-state index is 0.00657. The average molecular weight is 366 g/mol. The Labute approximate surface area is 151 Å². The van der Waals surface area contributed by atoms with Crippen LogP contribution < -0.4 is 15.4 Å². The minimum atomic E-state index is -0.872. The Bertz CT molecular complexity index is 680. The van der Waals surface area contributed by atoms with Gasteiger partial charge in [0.2, 0.25) is 0 Å². The van der Waals surface area contributed by atoms with Gasteiger partial charge in [0, 0.05) is 6.04 Å². The molecular formula is C18H23FN2O5. The summed E-state index contributed by atoms with van der Waals surface area (Å²) in [5.74, 6) is -2.00. The van der Waals surface area contributed by atoms with Crippen LogP contribution in [0.2, 0.25) is 0 Å². The van der Waals surface area contributed by atoms with Crippen molar-refractivity contribution >= 4 is 17.9 Å². The molecule has 0 aromatic heterocycles. The number of carbonyl (C=O) groups excluding carboxylic acids is 3. The topological polar surface area (TPSA) is 93.7 Å². The highest BCUT2D eigenvalue weighted by atomic mass is 19.1. The van der Waals surface area contributed by atoms with Crippen molar-refractivity contribution in [2.45, 2.75) is 38.6 Å². The lowest BCUT2D eigenvalue weighted by Crippen LogP contribution is -2.48. The molecule has 0 radical (unpaired) electrons. The molecule has 0 aliphatic heterocycles. The molecule has 0 spiro atoms. The van der Waals surface area contributed by atoms with Crippen LogP contribution in [0.3, 0.4) is 0 Å². The molecule has 1 aromatic rings. The van der Waals surface area contributed by atoms with Gasteiger partial charge in [-0.1, -0.05) is 19.8 Å². The van der Waals surface area contributed by atoms with E-state index in [1.54, 1.807) is 0 Å². The molecule has 0 saturated heterocycles. The average Bonchev–Trinajstić information content (AvgIpc) is 2.61. The van der Waals surface area contributed by atoms with Gasteiger partial charge in [-0.3, -0.25) is 10.1 Å². The van der Waals surface area contributed by atoms with E-state index in [9.17, 15) is 18.8 Å². The van der Waals surface area contributed by atoms with Crippen molar-refractivity contribution in [1.82, 2.24) is 10.6 Å². The number of esters is 1. The van der Waals surface area contributed by atoms with Crippen molar-refractivity contribution in [3.05, 3.63) is 29.6 Å². The molecule has 1 aliphatic rings. The normalized spacial score (nSPS) is 19.3.